The van der Waals surface area contributed by atoms with E-state index in [2.05, 4.69) is 9.67 Å². The van der Waals surface area contributed by atoms with Gasteiger partial charge in [0.2, 0.25) is 0 Å². The van der Waals surface area contributed by atoms with E-state index in [1.54, 1.807) is 18.2 Å². The number of hydrogen-bond acceptors (Lipinski definition) is 4. The van der Waals surface area contributed by atoms with Gasteiger partial charge in [-0.05, 0) is 49.8 Å². The lowest BCUT2D eigenvalue weighted by molar-refractivity contribution is -0.384. The number of carbonyl (C=O) groups excluding carboxylic acids is 1. The smallest absolute Gasteiger partial charge is 0.269 e. The van der Waals surface area contributed by atoms with E-state index in [9.17, 15) is 14.9 Å². The number of nitrogens with zero attached hydrogens (tertiary/aromatic N) is 4. The molecule has 0 saturated carbocycles. The van der Waals surface area contributed by atoms with Crippen molar-refractivity contribution in [2.45, 2.75) is 20.4 Å². The van der Waals surface area contributed by atoms with Crippen LogP contribution in [-0.4, -0.2) is 24.9 Å². The van der Waals surface area contributed by atoms with Crippen molar-refractivity contribution in [3.05, 3.63) is 81.5 Å². The Balaban J connectivity index is 1.77. The van der Waals surface area contributed by atoms with Gasteiger partial charge in [-0.1, -0.05) is 18.2 Å². The second kappa shape index (κ2) is 6.77. The molecule has 2 aromatic carbocycles. The SMILES string of the molecule is CCn1c2ccccc2n2nc(C)c(C(=O)/C=C\c3ccc([N+](=O)[O-])cc3)c12. The summed E-state index contributed by atoms with van der Waals surface area (Å²) in [5.41, 5.74) is 4.74. The second-order valence-electron chi connectivity index (χ2n) is 6.48. The molecule has 0 unspecified atom stereocenters. The Hall–Kier alpha value is -3.74. The van der Waals surface area contributed by atoms with Gasteiger partial charge in [0.25, 0.3) is 5.69 Å². The summed E-state index contributed by atoms with van der Waals surface area (Å²) in [5.74, 6) is -0.150. The van der Waals surface area contributed by atoms with Gasteiger partial charge in [0, 0.05) is 18.7 Å². The highest BCUT2D eigenvalue weighted by molar-refractivity contribution is 6.12. The summed E-state index contributed by atoms with van der Waals surface area (Å²) in [6.07, 6.45) is 3.15. The normalized spacial score (nSPS) is 11.6. The number of carbonyl (C=O) groups is 1. The fraction of sp³-hybridized carbons (Fsp3) is 0.143. The first-order valence-electron chi connectivity index (χ1n) is 8.94. The van der Waals surface area contributed by atoms with E-state index < -0.39 is 4.92 Å². The van der Waals surface area contributed by atoms with E-state index in [0.29, 0.717) is 17.8 Å². The molecule has 2 heterocycles. The lowest BCUT2D eigenvalue weighted by atomic mass is 10.1. The molecule has 7 nitrogen and oxygen atoms in total. The van der Waals surface area contributed by atoms with Crippen LogP contribution in [0.2, 0.25) is 0 Å². The molecule has 0 amide bonds. The highest BCUT2D eigenvalue weighted by Gasteiger charge is 2.21. The maximum absolute atomic E-state index is 13.0. The summed E-state index contributed by atoms with van der Waals surface area (Å²) in [5, 5.41) is 15.3. The second-order valence-corrected chi connectivity index (χ2v) is 6.48. The lowest BCUT2D eigenvalue weighted by Crippen LogP contribution is -2.02. The van der Waals surface area contributed by atoms with Gasteiger partial charge >= 0.3 is 0 Å². The number of benzene rings is 2. The third-order valence-electron chi connectivity index (χ3n) is 4.79. The number of allylic oxidation sites excluding steroid dienone is 1. The first kappa shape index (κ1) is 17.7. The van der Waals surface area contributed by atoms with Gasteiger partial charge in [-0.3, -0.25) is 14.9 Å². The van der Waals surface area contributed by atoms with Crippen LogP contribution in [0.1, 0.15) is 28.5 Å². The van der Waals surface area contributed by atoms with E-state index in [4.69, 9.17) is 0 Å². The number of hydrogen-bond donors (Lipinski definition) is 0. The Bertz CT molecular complexity index is 1250. The predicted molar refractivity (Wildman–Crippen MR) is 108 cm³/mol. The molecule has 0 aliphatic carbocycles. The predicted octanol–water partition coefficient (Wildman–Crippen LogP) is 4.42. The number of aromatic nitrogens is 3. The molecule has 4 rings (SSSR count). The van der Waals surface area contributed by atoms with E-state index in [0.717, 1.165) is 22.2 Å². The van der Waals surface area contributed by atoms with Crippen molar-refractivity contribution >= 4 is 34.2 Å². The molecule has 0 saturated heterocycles. The molecule has 0 atom stereocenters. The molecule has 0 aliphatic rings. The molecule has 0 bridgehead atoms. The number of fused-ring (bicyclic) bond motifs is 3. The number of non-ortho nitro benzene ring substituents is 1. The van der Waals surface area contributed by atoms with Gasteiger partial charge in [-0.25, -0.2) is 4.52 Å². The quantitative estimate of drug-likeness (QED) is 0.224. The summed E-state index contributed by atoms with van der Waals surface area (Å²) in [6, 6.07) is 14.0. The standard InChI is InChI=1S/C21H18N4O3/c1-3-23-17-6-4-5-7-18(17)24-21(23)20(14(2)22-24)19(26)13-10-15-8-11-16(12-9-15)25(27)28/h4-13H,3H2,1-2H3/b13-10-. The summed E-state index contributed by atoms with van der Waals surface area (Å²) in [7, 11) is 0. The van der Waals surface area contributed by atoms with E-state index in [1.807, 2.05) is 42.6 Å². The topological polar surface area (TPSA) is 82.4 Å². The van der Waals surface area contributed by atoms with Crippen LogP contribution in [0.3, 0.4) is 0 Å². The van der Waals surface area contributed by atoms with Gasteiger partial charge in [-0.15, -0.1) is 0 Å². The van der Waals surface area contributed by atoms with Crippen LogP contribution in [-0.2, 0) is 6.54 Å². The van der Waals surface area contributed by atoms with Crippen molar-refractivity contribution in [1.82, 2.24) is 14.2 Å². The minimum Gasteiger partial charge on any atom is -0.324 e. The van der Waals surface area contributed by atoms with Crippen LogP contribution in [0.15, 0.2) is 54.6 Å². The minimum atomic E-state index is -0.449. The number of imidazole rings is 1. The maximum Gasteiger partial charge on any atom is 0.269 e. The summed E-state index contributed by atoms with van der Waals surface area (Å²) in [6.45, 7) is 4.58. The van der Waals surface area contributed by atoms with Gasteiger partial charge < -0.3 is 4.57 Å². The molecule has 7 heteroatoms. The average molecular weight is 374 g/mol. The molecule has 2 aromatic heterocycles. The molecular weight excluding hydrogens is 356 g/mol. The zero-order valence-electron chi connectivity index (χ0n) is 15.5. The molecule has 140 valence electrons. The minimum absolute atomic E-state index is 0.0186. The molecule has 28 heavy (non-hydrogen) atoms. The molecule has 0 spiro atoms. The fourth-order valence-electron chi connectivity index (χ4n) is 3.49. The Morgan fingerprint density at radius 1 is 1.14 bits per heavy atom. The first-order valence-corrected chi connectivity index (χ1v) is 8.94. The third kappa shape index (κ3) is 2.77. The van der Waals surface area contributed by atoms with Crippen LogP contribution < -0.4 is 0 Å². The van der Waals surface area contributed by atoms with Gasteiger partial charge in [0.1, 0.15) is 5.65 Å². The van der Waals surface area contributed by atoms with Crippen molar-refractivity contribution in [2.75, 3.05) is 0 Å². The van der Waals surface area contributed by atoms with Gasteiger partial charge in [-0.2, -0.15) is 5.10 Å². The van der Waals surface area contributed by atoms with Crippen molar-refractivity contribution in [3.63, 3.8) is 0 Å². The number of nitro benzene ring substituents is 1. The van der Waals surface area contributed by atoms with Gasteiger partial charge in [0.15, 0.2) is 5.78 Å². The molecule has 0 N–H and O–H groups in total. The van der Waals surface area contributed by atoms with Gasteiger partial charge in [0.05, 0.1) is 27.2 Å². The average Bonchev–Trinajstić information content (AvgIpc) is 3.19. The van der Waals surface area contributed by atoms with Crippen molar-refractivity contribution in [3.8, 4) is 0 Å². The number of rotatable bonds is 5. The third-order valence-corrected chi connectivity index (χ3v) is 4.79. The van der Waals surface area contributed by atoms with Crippen LogP contribution in [0.4, 0.5) is 5.69 Å². The summed E-state index contributed by atoms with van der Waals surface area (Å²) in [4.78, 5) is 23.3. The van der Waals surface area contributed by atoms with Crippen LogP contribution >= 0.6 is 0 Å². The summed E-state index contributed by atoms with van der Waals surface area (Å²) >= 11 is 0. The lowest BCUT2D eigenvalue weighted by Gasteiger charge is -2.03. The van der Waals surface area contributed by atoms with Crippen LogP contribution in [0, 0.1) is 17.0 Å². The largest absolute Gasteiger partial charge is 0.324 e. The summed E-state index contributed by atoms with van der Waals surface area (Å²) < 4.78 is 3.91. The van der Waals surface area contributed by atoms with E-state index >= 15 is 0 Å². The Kier molecular flexibility index (Phi) is 4.27. The Morgan fingerprint density at radius 3 is 2.46 bits per heavy atom. The number of ketones is 1. The van der Waals surface area contributed by atoms with Crippen molar-refractivity contribution in [1.29, 1.82) is 0 Å². The molecule has 0 radical (unpaired) electrons. The molecular formula is C21H18N4O3. The highest BCUT2D eigenvalue weighted by Crippen LogP contribution is 2.26. The van der Waals surface area contributed by atoms with E-state index in [-0.39, 0.29) is 11.5 Å². The zero-order valence-corrected chi connectivity index (χ0v) is 15.5. The fourth-order valence-corrected chi connectivity index (χ4v) is 3.49. The number of aryl methyl sites for hydroxylation is 2. The van der Waals surface area contributed by atoms with Crippen LogP contribution in [0.5, 0.6) is 0 Å². The van der Waals surface area contributed by atoms with E-state index in [1.165, 1.54) is 18.2 Å². The maximum atomic E-state index is 13.0. The Labute approximate surface area is 160 Å². The monoisotopic (exact) mass is 374 g/mol. The number of para-hydroxylation sites is 2. The van der Waals surface area contributed by atoms with Crippen LogP contribution in [0.25, 0.3) is 22.8 Å². The number of nitro groups is 1. The molecule has 4 aromatic rings. The Morgan fingerprint density at radius 2 is 1.82 bits per heavy atom. The zero-order chi connectivity index (χ0) is 19.8. The molecule has 0 fully saturated rings. The van der Waals surface area contributed by atoms with Crippen molar-refractivity contribution < 1.29 is 9.72 Å². The highest BCUT2D eigenvalue weighted by atomic mass is 16.6. The van der Waals surface area contributed by atoms with Crippen molar-refractivity contribution in [2.24, 2.45) is 0 Å². The first-order chi connectivity index (χ1) is 13.5. The molecule has 0 aliphatic heterocycles.